The van der Waals surface area contributed by atoms with E-state index in [1.54, 1.807) is 19.1 Å². The number of halogens is 5. The van der Waals surface area contributed by atoms with E-state index in [1.165, 1.54) is 6.07 Å². The fraction of sp³-hybridized carbons (Fsp3) is 0.381. The van der Waals surface area contributed by atoms with Gasteiger partial charge in [0, 0.05) is 29.9 Å². The molecule has 1 aromatic carbocycles. The first-order valence-electron chi connectivity index (χ1n) is 10.0. The number of aromatic nitrogens is 1. The van der Waals surface area contributed by atoms with Crippen molar-refractivity contribution in [2.45, 2.75) is 38.1 Å². The molecule has 0 saturated carbocycles. The normalized spacial score (nSPS) is 17.7. The molecule has 0 spiro atoms. The van der Waals surface area contributed by atoms with Crippen LogP contribution in [-0.2, 0) is 4.74 Å². The van der Waals surface area contributed by atoms with E-state index in [2.05, 4.69) is 15.0 Å². The summed E-state index contributed by atoms with van der Waals surface area (Å²) in [5, 5.41) is 2.76. The van der Waals surface area contributed by atoms with E-state index >= 15 is 0 Å². The lowest BCUT2D eigenvalue weighted by Crippen LogP contribution is -2.53. The minimum Gasteiger partial charge on any atom is -0.448 e. The molecule has 13 heteroatoms. The monoisotopic (exact) mass is 488 g/mol. The molecule has 0 radical (unpaired) electrons. The molecule has 2 amide bonds. The predicted molar refractivity (Wildman–Crippen MR) is 110 cm³/mol. The number of primary amides is 1. The molecule has 1 fully saturated rings. The van der Waals surface area contributed by atoms with Gasteiger partial charge >= 0.3 is 12.5 Å². The van der Waals surface area contributed by atoms with E-state index in [0.29, 0.717) is 5.56 Å². The fourth-order valence-electron chi connectivity index (χ4n) is 3.49. The summed E-state index contributed by atoms with van der Waals surface area (Å²) in [5.41, 5.74) is 5.79. The number of piperidine rings is 1. The number of nitrogens with zero attached hydrogens (tertiary/aromatic N) is 2. The number of carbonyl (C=O) groups excluding carboxylic acids is 2. The van der Waals surface area contributed by atoms with Crippen molar-refractivity contribution in [3.8, 4) is 5.75 Å². The molecule has 0 bridgehead atoms. The lowest BCUT2D eigenvalue weighted by molar-refractivity contribution is -0.274. The van der Waals surface area contributed by atoms with Crippen molar-refractivity contribution in [1.82, 2.24) is 9.88 Å². The maximum Gasteiger partial charge on any atom is 0.573 e. The van der Waals surface area contributed by atoms with Crippen LogP contribution in [0.5, 0.6) is 5.75 Å². The Kier molecular flexibility index (Phi) is 7.12. The molecule has 1 aromatic heterocycles. The molecule has 34 heavy (non-hydrogen) atoms. The average molecular weight is 488 g/mol. The van der Waals surface area contributed by atoms with Crippen molar-refractivity contribution in [2.75, 3.05) is 18.5 Å². The SMILES string of the molecule is Cc1ccc(Nc2cc(OC(F)(F)F)ccn2)cc1C(=O)N1CC(F)(F)CCC1COC(N)=O. The molecule has 2 aromatic rings. The highest BCUT2D eigenvalue weighted by atomic mass is 19.4. The van der Waals surface area contributed by atoms with Crippen LogP contribution < -0.4 is 15.8 Å². The zero-order valence-corrected chi connectivity index (χ0v) is 17.9. The molecule has 2 heterocycles. The topological polar surface area (TPSA) is 107 Å². The lowest BCUT2D eigenvalue weighted by atomic mass is 9.97. The van der Waals surface area contributed by atoms with Gasteiger partial charge in [-0.1, -0.05) is 6.07 Å². The number of alkyl halides is 5. The van der Waals surface area contributed by atoms with Crippen molar-refractivity contribution in [2.24, 2.45) is 5.73 Å². The van der Waals surface area contributed by atoms with E-state index in [1.807, 2.05) is 0 Å². The first kappa shape index (κ1) is 25.0. The minimum atomic E-state index is -4.88. The second-order valence-electron chi connectivity index (χ2n) is 7.69. The molecule has 1 aliphatic rings. The molecular weight excluding hydrogens is 467 g/mol. The van der Waals surface area contributed by atoms with Crippen LogP contribution >= 0.6 is 0 Å². The van der Waals surface area contributed by atoms with Gasteiger partial charge in [0.05, 0.1) is 12.6 Å². The van der Waals surface area contributed by atoms with Crippen LogP contribution in [0, 0.1) is 6.92 Å². The molecule has 3 rings (SSSR count). The number of hydrogen-bond acceptors (Lipinski definition) is 6. The number of ether oxygens (including phenoxy) is 2. The second-order valence-corrected chi connectivity index (χ2v) is 7.69. The zero-order chi connectivity index (χ0) is 25.1. The summed E-state index contributed by atoms with van der Waals surface area (Å²) in [6, 6.07) is 5.69. The quantitative estimate of drug-likeness (QED) is 0.585. The van der Waals surface area contributed by atoms with Crippen molar-refractivity contribution in [3.63, 3.8) is 0 Å². The van der Waals surface area contributed by atoms with E-state index < -0.39 is 49.0 Å². The van der Waals surface area contributed by atoms with Gasteiger partial charge in [0.1, 0.15) is 18.2 Å². The molecular formula is C21H21F5N4O4. The number of nitrogens with one attached hydrogen (secondary N) is 1. The van der Waals surface area contributed by atoms with Crippen LogP contribution in [0.25, 0.3) is 0 Å². The first-order chi connectivity index (χ1) is 15.8. The Hall–Kier alpha value is -3.64. The summed E-state index contributed by atoms with van der Waals surface area (Å²) in [6.45, 7) is 0.405. The van der Waals surface area contributed by atoms with Gasteiger partial charge < -0.3 is 25.4 Å². The van der Waals surface area contributed by atoms with E-state index in [-0.39, 0.29) is 30.1 Å². The Bertz CT molecular complexity index is 1060. The number of pyridine rings is 1. The highest BCUT2D eigenvalue weighted by Gasteiger charge is 2.43. The second kappa shape index (κ2) is 9.69. The Morgan fingerprint density at radius 2 is 2.00 bits per heavy atom. The number of amides is 2. The summed E-state index contributed by atoms with van der Waals surface area (Å²) in [6.07, 6.45) is -5.45. The van der Waals surface area contributed by atoms with Crippen LogP contribution in [0.1, 0.15) is 28.8 Å². The van der Waals surface area contributed by atoms with Crippen LogP contribution in [0.2, 0.25) is 0 Å². The van der Waals surface area contributed by atoms with Crippen molar-refractivity contribution < 1.29 is 41.0 Å². The summed E-state index contributed by atoms with van der Waals surface area (Å²) in [7, 11) is 0. The third-order valence-corrected chi connectivity index (χ3v) is 5.07. The van der Waals surface area contributed by atoms with Gasteiger partial charge in [-0.05, 0) is 37.1 Å². The minimum absolute atomic E-state index is 0.00115. The largest absolute Gasteiger partial charge is 0.573 e. The maximum absolute atomic E-state index is 14.1. The van der Waals surface area contributed by atoms with Crippen LogP contribution in [-0.4, -0.2) is 53.4 Å². The van der Waals surface area contributed by atoms with Gasteiger partial charge in [0.25, 0.3) is 11.8 Å². The molecule has 1 unspecified atom stereocenters. The van der Waals surface area contributed by atoms with Gasteiger partial charge in [-0.2, -0.15) is 0 Å². The molecule has 8 nitrogen and oxygen atoms in total. The Morgan fingerprint density at radius 3 is 2.68 bits per heavy atom. The smallest absolute Gasteiger partial charge is 0.448 e. The third kappa shape index (κ3) is 6.68. The van der Waals surface area contributed by atoms with E-state index in [0.717, 1.165) is 23.2 Å². The van der Waals surface area contributed by atoms with E-state index in [9.17, 15) is 31.5 Å². The summed E-state index contributed by atoms with van der Waals surface area (Å²) >= 11 is 0. The lowest BCUT2D eigenvalue weighted by Gasteiger charge is -2.39. The van der Waals surface area contributed by atoms with E-state index in [4.69, 9.17) is 10.5 Å². The number of rotatable bonds is 6. The van der Waals surface area contributed by atoms with Crippen molar-refractivity contribution in [1.29, 1.82) is 0 Å². The molecule has 0 aliphatic carbocycles. The number of aryl methyl sites for hydroxylation is 1. The maximum atomic E-state index is 14.1. The van der Waals surface area contributed by atoms with Gasteiger partial charge in [-0.25, -0.2) is 18.6 Å². The first-order valence-corrected chi connectivity index (χ1v) is 10.0. The van der Waals surface area contributed by atoms with Crippen LogP contribution in [0.4, 0.5) is 38.3 Å². The number of hydrogen-bond donors (Lipinski definition) is 2. The Morgan fingerprint density at radius 1 is 1.26 bits per heavy atom. The fourth-order valence-corrected chi connectivity index (χ4v) is 3.49. The van der Waals surface area contributed by atoms with Crippen LogP contribution in [0.15, 0.2) is 36.5 Å². The number of carbonyl (C=O) groups is 2. The summed E-state index contributed by atoms with van der Waals surface area (Å²) in [5.74, 6) is -4.34. The van der Waals surface area contributed by atoms with Crippen molar-refractivity contribution in [3.05, 3.63) is 47.7 Å². The summed E-state index contributed by atoms with van der Waals surface area (Å²) < 4.78 is 74.1. The number of nitrogens with two attached hydrogens (primary N) is 1. The van der Waals surface area contributed by atoms with Gasteiger partial charge in [-0.15, -0.1) is 13.2 Å². The number of benzene rings is 1. The third-order valence-electron chi connectivity index (χ3n) is 5.07. The molecule has 1 aliphatic heterocycles. The van der Waals surface area contributed by atoms with Gasteiger partial charge in [-0.3, -0.25) is 4.79 Å². The number of likely N-dealkylation sites (tertiary alicyclic amines) is 1. The van der Waals surface area contributed by atoms with Gasteiger partial charge in [0.15, 0.2) is 0 Å². The highest BCUT2D eigenvalue weighted by molar-refractivity contribution is 5.97. The summed E-state index contributed by atoms with van der Waals surface area (Å²) in [4.78, 5) is 29.0. The molecule has 184 valence electrons. The van der Waals surface area contributed by atoms with Gasteiger partial charge in [0.2, 0.25) is 0 Å². The zero-order valence-electron chi connectivity index (χ0n) is 17.9. The molecule has 1 saturated heterocycles. The Balaban J connectivity index is 1.83. The Labute approximate surface area is 190 Å². The van der Waals surface area contributed by atoms with Crippen molar-refractivity contribution >= 4 is 23.5 Å². The standard InChI is InChI=1S/C21H21F5N4O4/c1-12-2-3-13(29-17-9-15(5-7-28-17)34-21(24,25)26)8-16(12)18(31)30-11-20(22,23)6-4-14(30)10-33-19(27)32/h2-3,5,7-9,14H,4,6,10-11H2,1H3,(H2,27,32)(H,28,29). The predicted octanol–water partition coefficient (Wildman–Crippen LogP) is 4.37. The molecule has 3 N–H and O–H groups in total. The number of anilines is 2. The average Bonchev–Trinajstić information content (AvgIpc) is 2.72. The van der Waals surface area contributed by atoms with Crippen LogP contribution in [0.3, 0.4) is 0 Å². The highest BCUT2D eigenvalue weighted by Crippen LogP contribution is 2.32. The molecule has 1 atom stereocenters.